The minimum atomic E-state index is -0.0769. The highest BCUT2D eigenvalue weighted by molar-refractivity contribution is 6.90. The lowest BCUT2D eigenvalue weighted by molar-refractivity contribution is 0.879. The van der Waals surface area contributed by atoms with E-state index in [0.29, 0.717) is 0 Å². The van der Waals surface area contributed by atoms with Crippen LogP contribution in [0.5, 0.6) is 0 Å². The van der Waals surface area contributed by atoms with Gasteiger partial charge in [-0.2, -0.15) is 10.2 Å². The van der Waals surface area contributed by atoms with Crippen molar-refractivity contribution in [1.82, 2.24) is 19.6 Å². The Bertz CT molecular complexity index is 1670. The Balaban J connectivity index is 1.68. The van der Waals surface area contributed by atoms with Gasteiger partial charge in [0.25, 0.3) is 0 Å². The zero-order valence-corrected chi connectivity index (χ0v) is 25.2. The zero-order valence-electron chi connectivity index (χ0n) is 25.2. The summed E-state index contributed by atoms with van der Waals surface area (Å²) in [5.74, 6) is 0. The molecule has 0 aliphatic rings. The van der Waals surface area contributed by atoms with Gasteiger partial charge in [-0.1, -0.05) is 69.8 Å². The molecule has 6 heteroatoms. The molecule has 0 N–H and O–H groups in total. The van der Waals surface area contributed by atoms with Crippen molar-refractivity contribution in [2.24, 2.45) is 0 Å². The molecule has 6 aromatic rings. The number of nitrogens with zero attached hydrogens (tertiary/aromatic N) is 5. The van der Waals surface area contributed by atoms with Crippen LogP contribution in [0.2, 0.25) is 0 Å². The van der Waals surface area contributed by atoms with Crippen LogP contribution in [-0.4, -0.2) is 26.4 Å². The molecule has 0 saturated heterocycles. The fourth-order valence-corrected chi connectivity index (χ4v) is 6.51. The molecular formula is C36H36BN5. The standard InChI is InChI=1S/C36H36BN5/c1-25-19-27(3)35(28(4)20-25)37(36-29(5)21-26(2)22-30(36)6)42(33-13-7-11-31(23-33)40-17-9-15-38-40)34-14-8-12-32(24-34)41-18-10-16-39-41/h7-24H,1-6H3. The Morgan fingerprint density at radius 3 is 1.29 bits per heavy atom. The van der Waals surface area contributed by atoms with Gasteiger partial charge in [0.15, 0.2) is 0 Å². The lowest BCUT2D eigenvalue weighted by Gasteiger charge is -2.36. The zero-order chi connectivity index (χ0) is 29.4. The average molecular weight is 550 g/mol. The molecule has 0 amide bonds. The van der Waals surface area contributed by atoms with Crippen molar-refractivity contribution in [2.45, 2.75) is 41.5 Å². The number of anilines is 2. The van der Waals surface area contributed by atoms with Gasteiger partial charge in [-0.05, 0) is 101 Å². The fraction of sp³-hybridized carbons (Fsp3) is 0.167. The first-order valence-electron chi connectivity index (χ1n) is 14.4. The monoisotopic (exact) mass is 549 g/mol. The largest absolute Gasteiger partial charge is 0.377 e. The minimum Gasteiger partial charge on any atom is -0.377 e. The van der Waals surface area contributed by atoms with Crippen molar-refractivity contribution in [3.05, 3.63) is 143 Å². The third-order valence-corrected chi connectivity index (χ3v) is 8.03. The molecule has 0 fully saturated rings. The maximum atomic E-state index is 4.53. The molecule has 0 radical (unpaired) electrons. The second kappa shape index (κ2) is 11.2. The molecular weight excluding hydrogens is 513 g/mol. The Labute approximate surface area is 249 Å². The first kappa shape index (κ1) is 27.3. The third kappa shape index (κ3) is 5.16. The van der Waals surface area contributed by atoms with Gasteiger partial charge in [-0.15, -0.1) is 0 Å². The summed E-state index contributed by atoms with van der Waals surface area (Å²) in [6.07, 6.45) is 7.61. The van der Waals surface area contributed by atoms with E-state index in [1.165, 1.54) is 44.3 Å². The van der Waals surface area contributed by atoms with Gasteiger partial charge < -0.3 is 4.81 Å². The van der Waals surface area contributed by atoms with Crippen molar-refractivity contribution in [3.63, 3.8) is 0 Å². The molecule has 0 aliphatic heterocycles. The molecule has 0 atom stereocenters. The van der Waals surface area contributed by atoms with Crippen LogP contribution in [-0.2, 0) is 0 Å². The Kier molecular flexibility index (Phi) is 7.30. The highest BCUT2D eigenvalue weighted by atomic mass is 15.3. The third-order valence-electron chi connectivity index (χ3n) is 8.03. The van der Waals surface area contributed by atoms with E-state index in [1.807, 2.05) is 46.3 Å². The highest BCUT2D eigenvalue weighted by Crippen LogP contribution is 2.31. The lowest BCUT2D eigenvalue weighted by atomic mass is 9.44. The van der Waals surface area contributed by atoms with Crippen molar-refractivity contribution < 1.29 is 0 Å². The molecule has 0 spiro atoms. The van der Waals surface area contributed by atoms with Gasteiger partial charge in [0.2, 0.25) is 0 Å². The van der Waals surface area contributed by atoms with Crippen LogP contribution < -0.4 is 15.7 Å². The lowest BCUT2D eigenvalue weighted by Crippen LogP contribution is -2.58. The SMILES string of the molecule is Cc1cc(C)c(B(c2c(C)cc(C)cc2C)N(c2cccc(-n3cccn3)c2)c2cccc(-n3cccn3)c2)c(C)c1. The summed E-state index contributed by atoms with van der Waals surface area (Å²) in [6.45, 7) is 13.3. The molecule has 42 heavy (non-hydrogen) atoms. The molecule has 0 bridgehead atoms. The van der Waals surface area contributed by atoms with Crippen molar-refractivity contribution in [3.8, 4) is 11.4 Å². The normalized spacial score (nSPS) is 11.1. The molecule has 6 rings (SSSR count). The van der Waals surface area contributed by atoms with Gasteiger partial charge in [0, 0.05) is 36.2 Å². The van der Waals surface area contributed by atoms with Gasteiger partial charge in [-0.25, -0.2) is 9.36 Å². The summed E-state index contributed by atoms with van der Waals surface area (Å²) < 4.78 is 3.84. The summed E-state index contributed by atoms with van der Waals surface area (Å²) in [7, 11) is 0. The quantitative estimate of drug-likeness (QED) is 0.205. The number of benzene rings is 4. The predicted octanol–water partition coefficient (Wildman–Crippen LogP) is 6.85. The molecule has 208 valence electrons. The van der Waals surface area contributed by atoms with Gasteiger partial charge in [0.05, 0.1) is 11.4 Å². The first-order valence-corrected chi connectivity index (χ1v) is 14.4. The number of rotatable bonds is 7. The van der Waals surface area contributed by atoms with E-state index in [4.69, 9.17) is 0 Å². The summed E-state index contributed by atoms with van der Waals surface area (Å²) in [5, 5.41) is 9.06. The summed E-state index contributed by atoms with van der Waals surface area (Å²) >= 11 is 0. The molecule has 2 heterocycles. The Morgan fingerprint density at radius 2 is 0.929 bits per heavy atom. The van der Waals surface area contributed by atoms with Gasteiger partial charge in [-0.3, -0.25) is 0 Å². The van der Waals surface area contributed by atoms with Gasteiger partial charge >= 0.3 is 6.85 Å². The van der Waals surface area contributed by atoms with Crippen LogP contribution in [0, 0.1) is 41.5 Å². The van der Waals surface area contributed by atoms with E-state index in [1.54, 1.807) is 0 Å². The van der Waals surface area contributed by atoms with Crippen molar-refractivity contribution in [1.29, 1.82) is 0 Å². The predicted molar refractivity (Wildman–Crippen MR) is 176 cm³/mol. The van der Waals surface area contributed by atoms with Crippen LogP contribution in [0.15, 0.2) is 110 Å². The van der Waals surface area contributed by atoms with Crippen molar-refractivity contribution >= 4 is 29.1 Å². The second-order valence-electron chi connectivity index (χ2n) is 11.3. The van der Waals surface area contributed by atoms with Crippen LogP contribution in [0.1, 0.15) is 33.4 Å². The maximum absolute atomic E-state index is 4.53. The number of hydrogen-bond donors (Lipinski definition) is 0. The average Bonchev–Trinajstić information content (AvgIpc) is 3.68. The molecule has 0 unspecified atom stereocenters. The highest BCUT2D eigenvalue weighted by Gasteiger charge is 2.35. The molecule has 4 aromatic carbocycles. The maximum Gasteiger partial charge on any atom is 0.329 e. The molecule has 0 aliphatic carbocycles. The van der Waals surface area contributed by atoms with E-state index in [2.05, 4.69) is 129 Å². The van der Waals surface area contributed by atoms with E-state index in [-0.39, 0.29) is 6.85 Å². The molecule has 0 saturated carbocycles. The topological polar surface area (TPSA) is 38.9 Å². The second-order valence-corrected chi connectivity index (χ2v) is 11.3. The van der Waals surface area contributed by atoms with E-state index in [9.17, 15) is 0 Å². The number of aromatic nitrogens is 4. The summed E-state index contributed by atoms with van der Waals surface area (Å²) in [4.78, 5) is 2.50. The molecule has 5 nitrogen and oxygen atoms in total. The molecule has 2 aromatic heterocycles. The number of hydrogen-bond acceptors (Lipinski definition) is 3. The summed E-state index contributed by atoms with van der Waals surface area (Å²) in [6, 6.07) is 30.5. The van der Waals surface area contributed by atoms with Crippen molar-refractivity contribution in [2.75, 3.05) is 4.81 Å². The fourth-order valence-electron chi connectivity index (χ4n) is 6.51. The Morgan fingerprint density at radius 1 is 0.524 bits per heavy atom. The van der Waals surface area contributed by atoms with Gasteiger partial charge in [0.1, 0.15) is 0 Å². The summed E-state index contributed by atoms with van der Waals surface area (Å²) in [5.41, 5.74) is 14.5. The minimum absolute atomic E-state index is 0.0769. The van der Waals surface area contributed by atoms with Crippen LogP contribution in [0.3, 0.4) is 0 Å². The van der Waals surface area contributed by atoms with Crippen LogP contribution in [0.4, 0.5) is 11.4 Å². The first-order chi connectivity index (χ1) is 20.3. The number of aryl methyl sites for hydroxylation is 6. The van der Waals surface area contributed by atoms with E-state index < -0.39 is 0 Å². The van der Waals surface area contributed by atoms with Crippen LogP contribution >= 0.6 is 0 Å². The van der Waals surface area contributed by atoms with E-state index >= 15 is 0 Å². The van der Waals surface area contributed by atoms with E-state index in [0.717, 1.165) is 22.7 Å². The van der Waals surface area contributed by atoms with Crippen LogP contribution in [0.25, 0.3) is 11.4 Å². The Hall–Kier alpha value is -4.84. The smallest absolute Gasteiger partial charge is 0.329 e.